The van der Waals surface area contributed by atoms with Crippen molar-refractivity contribution in [2.75, 3.05) is 7.11 Å². The third-order valence-corrected chi connectivity index (χ3v) is 2.69. The number of ether oxygens (including phenoxy) is 1. The van der Waals surface area contributed by atoms with Gasteiger partial charge in [-0.05, 0) is 30.3 Å². The van der Waals surface area contributed by atoms with Crippen molar-refractivity contribution in [3.05, 3.63) is 41.1 Å². The number of hydrogen-bond donors (Lipinski definition) is 2. The molecule has 0 saturated heterocycles. The molecule has 1 aromatic carbocycles. The second-order valence-corrected chi connectivity index (χ2v) is 3.89. The third kappa shape index (κ3) is 2.32. The first-order valence-electron chi connectivity index (χ1n) is 5.10. The van der Waals surface area contributed by atoms with Gasteiger partial charge in [-0.2, -0.15) is 0 Å². The third-order valence-electron chi connectivity index (χ3n) is 2.40. The molecule has 2 rings (SSSR count). The van der Waals surface area contributed by atoms with Crippen molar-refractivity contribution < 1.29 is 13.9 Å². The number of carbonyl (C=O) groups excluding carboxylic acids is 1. The molecule has 3 N–H and O–H groups in total. The minimum atomic E-state index is -0.485. The molecule has 0 bridgehead atoms. The van der Waals surface area contributed by atoms with Crippen molar-refractivity contribution in [2.45, 2.75) is 0 Å². The molecule has 1 heterocycles. The fraction of sp³-hybridized carbons (Fsp3) is 0.0833. The highest BCUT2D eigenvalue weighted by Crippen LogP contribution is 2.30. The highest BCUT2D eigenvalue weighted by Gasteiger charge is 2.12. The van der Waals surface area contributed by atoms with Crippen LogP contribution in [0.3, 0.4) is 0 Å². The van der Waals surface area contributed by atoms with Crippen LogP contribution in [0.2, 0.25) is 5.02 Å². The van der Waals surface area contributed by atoms with Gasteiger partial charge in [-0.1, -0.05) is 11.6 Å². The zero-order chi connectivity index (χ0) is 13.1. The van der Waals surface area contributed by atoms with Crippen molar-refractivity contribution in [3.63, 3.8) is 0 Å². The van der Waals surface area contributed by atoms with Crippen molar-refractivity contribution >= 4 is 17.5 Å². The number of nitrogen functional groups attached to an aromatic ring is 1. The molecule has 2 aromatic rings. The first kappa shape index (κ1) is 12.5. The van der Waals surface area contributed by atoms with E-state index in [0.717, 1.165) is 5.56 Å². The number of hydrogen-bond acceptors (Lipinski definition) is 4. The Labute approximate surface area is 108 Å². The first-order valence-corrected chi connectivity index (χ1v) is 5.48. The van der Waals surface area contributed by atoms with E-state index >= 15 is 0 Å². The van der Waals surface area contributed by atoms with Gasteiger partial charge < -0.3 is 9.15 Å². The van der Waals surface area contributed by atoms with Gasteiger partial charge in [0.2, 0.25) is 0 Å². The van der Waals surface area contributed by atoms with Crippen LogP contribution < -0.4 is 16.0 Å². The van der Waals surface area contributed by atoms with E-state index in [2.05, 4.69) is 0 Å². The van der Waals surface area contributed by atoms with Gasteiger partial charge in [0, 0.05) is 5.56 Å². The molecule has 0 radical (unpaired) electrons. The summed E-state index contributed by atoms with van der Waals surface area (Å²) in [6.07, 6.45) is 0. The van der Waals surface area contributed by atoms with Gasteiger partial charge in [-0.25, -0.2) is 5.84 Å². The molecular weight excluding hydrogens is 256 g/mol. The monoisotopic (exact) mass is 266 g/mol. The highest BCUT2D eigenvalue weighted by molar-refractivity contribution is 6.32. The molecular formula is C12H11ClN2O3. The maximum atomic E-state index is 11.2. The second-order valence-electron chi connectivity index (χ2n) is 3.49. The van der Waals surface area contributed by atoms with Crippen molar-refractivity contribution in [3.8, 4) is 17.1 Å². The summed E-state index contributed by atoms with van der Waals surface area (Å²) in [5, 5.41) is 0.469. The standard InChI is InChI=1S/C12H11ClN2O3/c1-17-10-3-2-7(6-8(10)13)9-4-5-11(18-9)12(16)15-14/h2-6H,14H2,1H3,(H,15,16). The summed E-state index contributed by atoms with van der Waals surface area (Å²) < 4.78 is 10.4. The van der Waals surface area contributed by atoms with E-state index in [0.29, 0.717) is 16.5 Å². The van der Waals surface area contributed by atoms with Gasteiger partial charge in [0.25, 0.3) is 0 Å². The lowest BCUT2D eigenvalue weighted by atomic mass is 10.2. The molecule has 0 fully saturated rings. The Kier molecular flexibility index (Phi) is 3.55. The molecule has 0 atom stereocenters. The van der Waals surface area contributed by atoms with E-state index in [1.807, 2.05) is 5.43 Å². The number of benzene rings is 1. The van der Waals surface area contributed by atoms with E-state index in [-0.39, 0.29) is 5.76 Å². The van der Waals surface area contributed by atoms with Crippen molar-refractivity contribution in [1.29, 1.82) is 0 Å². The molecule has 6 heteroatoms. The number of nitrogens with two attached hydrogens (primary N) is 1. The average molecular weight is 267 g/mol. The SMILES string of the molecule is COc1ccc(-c2ccc(C(=O)NN)o2)cc1Cl. The summed E-state index contributed by atoms with van der Waals surface area (Å²) in [4.78, 5) is 11.2. The predicted octanol–water partition coefficient (Wildman–Crippen LogP) is 2.21. The van der Waals surface area contributed by atoms with Crippen LogP contribution >= 0.6 is 11.6 Å². The summed E-state index contributed by atoms with van der Waals surface area (Å²) in [5.74, 6) is 5.77. The van der Waals surface area contributed by atoms with Crippen molar-refractivity contribution in [2.24, 2.45) is 5.84 Å². The number of carbonyl (C=O) groups is 1. The van der Waals surface area contributed by atoms with Crippen LogP contribution in [0.1, 0.15) is 10.6 Å². The fourth-order valence-corrected chi connectivity index (χ4v) is 1.76. The molecule has 0 aliphatic carbocycles. The minimum Gasteiger partial charge on any atom is -0.495 e. The molecule has 94 valence electrons. The Morgan fingerprint density at radius 3 is 2.78 bits per heavy atom. The van der Waals surface area contributed by atoms with Crippen molar-refractivity contribution in [1.82, 2.24) is 5.43 Å². The number of hydrazine groups is 1. The van der Waals surface area contributed by atoms with Gasteiger partial charge in [-0.3, -0.25) is 10.2 Å². The van der Waals surface area contributed by atoms with E-state index in [4.69, 9.17) is 26.6 Å². The minimum absolute atomic E-state index is 0.138. The normalized spacial score (nSPS) is 10.2. The Balaban J connectivity index is 2.34. The summed E-state index contributed by atoms with van der Waals surface area (Å²) in [6.45, 7) is 0. The number of nitrogens with one attached hydrogen (secondary N) is 1. The number of furan rings is 1. The van der Waals surface area contributed by atoms with Gasteiger partial charge in [-0.15, -0.1) is 0 Å². The van der Waals surface area contributed by atoms with E-state index < -0.39 is 5.91 Å². The molecule has 0 aliphatic rings. The molecule has 5 nitrogen and oxygen atoms in total. The lowest BCUT2D eigenvalue weighted by Crippen LogP contribution is -2.29. The Morgan fingerprint density at radius 1 is 1.39 bits per heavy atom. The van der Waals surface area contributed by atoms with Gasteiger partial charge in [0.05, 0.1) is 12.1 Å². The van der Waals surface area contributed by atoms with Crippen LogP contribution in [0.25, 0.3) is 11.3 Å². The average Bonchev–Trinajstić information content (AvgIpc) is 2.87. The fourth-order valence-electron chi connectivity index (χ4n) is 1.51. The largest absolute Gasteiger partial charge is 0.495 e. The van der Waals surface area contributed by atoms with E-state index in [1.54, 1.807) is 24.3 Å². The van der Waals surface area contributed by atoms with Crippen LogP contribution in [0.4, 0.5) is 0 Å². The summed E-state index contributed by atoms with van der Waals surface area (Å²) in [6, 6.07) is 8.41. The molecule has 0 spiro atoms. The molecule has 18 heavy (non-hydrogen) atoms. The Morgan fingerprint density at radius 2 is 2.17 bits per heavy atom. The topological polar surface area (TPSA) is 77.5 Å². The lowest BCUT2D eigenvalue weighted by Gasteiger charge is -2.04. The first-order chi connectivity index (χ1) is 8.65. The van der Waals surface area contributed by atoms with Crippen LogP contribution in [0, 0.1) is 0 Å². The lowest BCUT2D eigenvalue weighted by molar-refractivity contribution is 0.0927. The highest BCUT2D eigenvalue weighted by atomic mass is 35.5. The summed E-state index contributed by atoms with van der Waals surface area (Å²) in [5.41, 5.74) is 2.74. The summed E-state index contributed by atoms with van der Waals surface area (Å²) >= 11 is 6.01. The maximum Gasteiger partial charge on any atom is 0.300 e. The predicted molar refractivity (Wildman–Crippen MR) is 67.4 cm³/mol. The van der Waals surface area contributed by atoms with Crippen LogP contribution in [-0.2, 0) is 0 Å². The Bertz CT molecular complexity index is 580. The molecule has 1 amide bonds. The van der Waals surface area contributed by atoms with Gasteiger partial charge in [0.1, 0.15) is 11.5 Å². The summed E-state index contributed by atoms with van der Waals surface area (Å²) in [7, 11) is 1.54. The molecule has 0 aliphatic heterocycles. The van der Waals surface area contributed by atoms with Gasteiger partial charge >= 0.3 is 5.91 Å². The molecule has 0 saturated carbocycles. The van der Waals surface area contributed by atoms with Crippen LogP contribution in [0.15, 0.2) is 34.7 Å². The molecule has 1 aromatic heterocycles. The zero-order valence-corrected chi connectivity index (χ0v) is 10.3. The van der Waals surface area contributed by atoms with Crippen LogP contribution in [0.5, 0.6) is 5.75 Å². The zero-order valence-electron chi connectivity index (χ0n) is 9.57. The van der Waals surface area contributed by atoms with E-state index in [9.17, 15) is 4.79 Å². The maximum absolute atomic E-state index is 11.2. The van der Waals surface area contributed by atoms with Gasteiger partial charge in [0.15, 0.2) is 5.76 Å². The number of rotatable bonds is 3. The van der Waals surface area contributed by atoms with E-state index in [1.165, 1.54) is 13.2 Å². The number of amides is 1. The molecule has 0 unspecified atom stereocenters. The van der Waals surface area contributed by atoms with Crippen LogP contribution in [-0.4, -0.2) is 13.0 Å². The second kappa shape index (κ2) is 5.12. The quantitative estimate of drug-likeness (QED) is 0.507. The smallest absolute Gasteiger partial charge is 0.300 e. The number of halogens is 1. The number of methoxy groups -OCH3 is 1. The Hall–Kier alpha value is -1.98.